The van der Waals surface area contributed by atoms with Crippen molar-refractivity contribution in [3.8, 4) is 11.5 Å². The van der Waals surface area contributed by atoms with Crippen molar-refractivity contribution in [1.29, 1.82) is 0 Å². The summed E-state index contributed by atoms with van der Waals surface area (Å²) in [5.74, 6) is -1.02. The van der Waals surface area contributed by atoms with E-state index in [-0.39, 0.29) is 29.3 Å². The van der Waals surface area contributed by atoms with Crippen molar-refractivity contribution in [1.82, 2.24) is 10.2 Å². The number of hydrogen-bond donors (Lipinski definition) is 1. The van der Waals surface area contributed by atoms with Gasteiger partial charge in [-0.3, -0.25) is 13.9 Å². The van der Waals surface area contributed by atoms with Gasteiger partial charge in [-0.05, 0) is 54.4 Å². The molecule has 4 aromatic rings. The van der Waals surface area contributed by atoms with Crippen molar-refractivity contribution in [2.24, 2.45) is 0 Å². The van der Waals surface area contributed by atoms with E-state index in [2.05, 4.69) is 5.32 Å². The highest BCUT2D eigenvalue weighted by atomic mass is 32.2. The lowest BCUT2D eigenvalue weighted by molar-refractivity contribution is -0.139. The van der Waals surface area contributed by atoms with E-state index in [0.29, 0.717) is 11.3 Å². The summed E-state index contributed by atoms with van der Waals surface area (Å²) in [4.78, 5) is 29.1. The number of carbonyl (C=O) groups is 2. The van der Waals surface area contributed by atoms with E-state index in [9.17, 15) is 22.4 Å². The third-order valence-corrected chi connectivity index (χ3v) is 9.10. The zero-order valence-corrected chi connectivity index (χ0v) is 26.4. The fraction of sp³-hybridized carbons (Fsp3) is 0.235. The van der Waals surface area contributed by atoms with Crippen molar-refractivity contribution in [3.05, 3.63) is 120 Å². The molecule has 236 valence electrons. The molecular weight excluding hydrogens is 597 g/mol. The normalized spacial score (nSPS) is 11.8. The number of nitrogens with one attached hydrogen (secondary N) is 1. The number of carbonyl (C=O) groups excluding carboxylic acids is 2. The van der Waals surface area contributed by atoms with E-state index in [4.69, 9.17) is 9.47 Å². The first-order chi connectivity index (χ1) is 21.6. The standard InChI is InChI=1S/C34H36FN3O6S/c1-24-10-17-29(18-11-24)45(41,42)38(30-21-28(43-3)16-19-32(30)44-4)23-33(39)37(22-26-12-14-27(35)15-13-26)31(34(40)36-2)20-25-8-6-5-7-9-25/h5-19,21,31H,20,22-23H2,1-4H3,(H,36,40)/t31-/m1/s1. The van der Waals surface area contributed by atoms with E-state index in [0.717, 1.165) is 15.4 Å². The van der Waals surface area contributed by atoms with Gasteiger partial charge < -0.3 is 19.7 Å². The number of halogens is 1. The molecule has 4 rings (SSSR count). The molecule has 1 atom stereocenters. The van der Waals surface area contributed by atoms with Gasteiger partial charge in [0.1, 0.15) is 29.9 Å². The van der Waals surface area contributed by atoms with E-state index in [1.807, 2.05) is 37.3 Å². The molecule has 45 heavy (non-hydrogen) atoms. The summed E-state index contributed by atoms with van der Waals surface area (Å²) >= 11 is 0. The summed E-state index contributed by atoms with van der Waals surface area (Å²) in [6, 6.07) is 24.6. The summed E-state index contributed by atoms with van der Waals surface area (Å²) in [6.45, 7) is 1.07. The molecule has 0 aliphatic carbocycles. The third kappa shape index (κ3) is 7.98. The summed E-state index contributed by atoms with van der Waals surface area (Å²) in [7, 11) is -0.0404. The first kappa shape index (κ1) is 33.0. The Hall–Kier alpha value is -4.90. The van der Waals surface area contributed by atoms with E-state index >= 15 is 0 Å². The fourth-order valence-electron chi connectivity index (χ4n) is 4.85. The lowest BCUT2D eigenvalue weighted by Crippen LogP contribution is -2.53. The Kier molecular flexibility index (Phi) is 10.8. The number of ether oxygens (including phenoxy) is 2. The number of aryl methyl sites for hydroxylation is 1. The Labute approximate surface area is 263 Å². The number of hydrogen-bond acceptors (Lipinski definition) is 6. The second-order valence-corrected chi connectivity index (χ2v) is 12.2. The van der Waals surface area contributed by atoms with Crippen molar-refractivity contribution in [2.45, 2.75) is 30.8 Å². The maximum absolute atomic E-state index is 14.4. The highest BCUT2D eigenvalue weighted by Crippen LogP contribution is 2.36. The smallest absolute Gasteiger partial charge is 0.264 e. The topological polar surface area (TPSA) is 105 Å². The molecule has 2 amide bonds. The molecule has 0 heterocycles. The van der Waals surface area contributed by atoms with E-state index in [1.54, 1.807) is 24.3 Å². The van der Waals surface area contributed by atoms with Gasteiger partial charge >= 0.3 is 0 Å². The van der Waals surface area contributed by atoms with Crippen LogP contribution in [-0.2, 0) is 32.6 Å². The van der Waals surface area contributed by atoms with Crippen LogP contribution in [0.5, 0.6) is 11.5 Å². The average molecular weight is 634 g/mol. The number of sulfonamides is 1. The van der Waals surface area contributed by atoms with Gasteiger partial charge in [0.15, 0.2) is 0 Å². The predicted octanol–water partition coefficient (Wildman–Crippen LogP) is 4.73. The largest absolute Gasteiger partial charge is 0.497 e. The van der Waals surface area contributed by atoms with Crippen molar-refractivity contribution in [2.75, 3.05) is 32.1 Å². The zero-order chi connectivity index (χ0) is 32.6. The van der Waals surface area contributed by atoms with Crippen LogP contribution in [-0.4, -0.2) is 59.0 Å². The fourth-order valence-corrected chi connectivity index (χ4v) is 6.27. The predicted molar refractivity (Wildman–Crippen MR) is 170 cm³/mol. The SMILES string of the molecule is CNC(=O)[C@@H](Cc1ccccc1)N(Cc1ccc(F)cc1)C(=O)CN(c1cc(OC)ccc1OC)S(=O)(=O)c1ccc(C)cc1. The quantitative estimate of drug-likeness (QED) is 0.228. The van der Waals surface area contributed by atoms with Crippen molar-refractivity contribution >= 4 is 27.5 Å². The molecule has 0 fully saturated rings. The number of likely N-dealkylation sites (N-methyl/N-ethyl adjacent to an activating group) is 1. The highest BCUT2D eigenvalue weighted by molar-refractivity contribution is 7.92. The number of rotatable bonds is 13. The lowest BCUT2D eigenvalue weighted by Gasteiger charge is -2.34. The molecule has 0 unspecified atom stereocenters. The molecule has 0 saturated carbocycles. The van der Waals surface area contributed by atoms with Gasteiger partial charge in [0.25, 0.3) is 10.0 Å². The number of anilines is 1. The monoisotopic (exact) mass is 633 g/mol. The number of nitrogens with zero attached hydrogens (tertiary/aromatic N) is 2. The molecule has 9 nitrogen and oxygen atoms in total. The number of amides is 2. The maximum Gasteiger partial charge on any atom is 0.264 e. The Morgan fingerprint density at radius 3 is 2.13 bits per heavy atom. The van der Waals surface area contributed by atoms with Crippen LogP contribution >= 0.6 is 0 Å². The van der Waals surface area contributed by atoms with Crippen LogP contribution < -0.4 is 19.1 Å². The minimum Gasteiger partial charge on any atom is -0.497 e. The first-order valence-electron chi connectivity index (χ1n) is 14.2. The Bertz CT molecular complexity index is 1720. The summed E-state index contributed by atoms with van der Waals surface area (Å²) < 4.78 is 54.1. The van der Waals surface area contributed by atoms with Crippen LogP contribution in [0, 0.1) is 12.7 Å². The van der Waals surface area contributed by atoms with Crippen LogP contribution in [0.15, 0.2) is 102 Å². The minimum absolute atomic E-state index is 0.0389. The zero-order valence-electron chi connectivity index (χ0n) is 25.6. The molecule has 1 N–H and O–H groups in total. The highest BCUT2D eigenvalue weighted by Gasteiger charge is 2.35. The molecule has 0 aliphatic rings. The Morgan fingerprint density at radius 1 is 0.867 bits per heavy atom. The second kappa shape index (κ2) is 14.7. The molecule has 11 heteroatoms. The van der Waals surface area contributed by atoms with Crippen LogP contribution in [0.2, 0.25) is 0 Å². The van der Waals surface area contributed by atoms with E-state index < -0.39 is 40.2 Å². The number of benzene rings is 4. The van der Waals surface area contributed by atoms with Crippen molar-refractivity contribution < 1.29 is 31.9 Å². The Morgan fingerprint density at radius 2 is 1.53 bits per heavy atom. The third-order valence-electron chi connectivity index (χ3n) is 7.33. The van der Waals surface area contributed by atoms with Gasteiger partial charge in [0.2, 0.25) is 11.8 Å². The van der Waals surface area contributed by atoms with Gasteiger partial charge in [-0.2, -0.15) is 0 Å². The Balaban J connectivity index is 1.85. The van der Waals surface area contributed by atoms with Gasteiger partial charge in [0, 0.05) is 26.1 Å². The average Bonchev–Trinajstić information content (AvgIpc) is 3.05. The minimum atomic E-state index is -4.35. The number of methoxy groups -OCH3 is 2. The van der Waals surface area contributed by atoms with Crippen LogP contribution in [0.25, 0.3) is 0 Å². The second-order valence-electron chi connectivity index (χ2n) is 10.3. The molecule has 0 saturated heterocycles. The summed E-state index contributed by atoms with van der Waals surface area (Å²) in [5.41, 5.74) is 2.28. The summed E-state index contributed by atoms with van der Waals surface area (Å²) in [5, 5.41) is 2.63. The van der Waals surface area contributed by atoms with Crippen LogP contribution in [0.1, 0.15) is 16.7 Å². The molecule has 0 aliphatic heterocycles. The lowest BCUT2D eigenvalue weighted by atomic mass is 10.0. The van der Waals surface area contributed by atoms with Gasteiger partial charge in [-0.1, -0.05) is 60.2 Å². The molecule has 0 aromatic heterocycles. The van der Waals surface area contributed by atoms with Gasteiger partial charge in [-0.25, -0.2) is 12.8 Å². The van der Waals surface area contributed by atoms with Gasteiger partial charge in [-0.15, -0.1) is 0 Å². The van der Waals surface area contributed by atoms with Crippen LogP contribution in [0.4, 0.5) is 10.1 Å². The maximum atomic E-state index is 14.4. The van der Waals surface area contributed by atoms with Crippen molar-refractivity contribution in [3.63, 3.8) is 0 Å². The van der Waals surface area contributed by atoms with E-state index in [1.165, 1.54) is 68.6 Å². The van der Waals surface area contributed by atoms with Gasteiger partial charge in [0.05, 0.1) is 24.8 Å². The first-order valence-corrected chi connectivity index (χ1v) is 15.6. The molecule has 0 radical (unpaired) electrons. The van der Waals surface area contributed by atoms with Crippen LogP contribution in [0.3, 0.4) is 0 Å². The molecule has 4 aromatic carbocycles. The molecule has 0 bridgehead atoms. The molecular formula is C34H36FN3O6S. The summed E-state index contributed by atoms with van der Waals surface area (Å²) in [6.07, 6.45) is 0.153. The molecule has 0 spiro atoms.